The Kier molecular flexibility index (Phi) is 3.68. The third kappa shape index (κ3) is 2.82. The summed E-state index contributed by atoms with van der Waals surface area (Å²) in [7, 11) is 0. The quantitative estimate of drug-likeness (QED) is 0.535. The molecule has 0 amide bonds. The molecule has 1 aliphatic rings. The Morgan fingerprint density at radius 2 is 2.00 bits per heavy atom. The second kappa shape index (κ2) is 4.06. The third-order valence-corrected chi connectivity index (χ3v) is 1.92. The van der Waals surface area contributed by atoms with Crippen LogP contribution in [0.25, 0.3) is 0 Å². The topological polar surface area (TPSA) is 17.8 Å². The van der Waals surface area contributed by atoms with Crippen molar-refractivity contribution >= 4 is 12.4 Å². The molecule has 0 aliphatic heterocycles. The molecule has 2 rings (SSSR count). The van der Waals surface area contributed by atoms with Crippen LogP contribution in [0, 0.1) is 0 Å². The first-order valence-electron chi connectivity index (χ1n) is 3.81. The van der Waals surface area contributed by atoms with Gasteiger partial charge in [-0.3, -0.25) is 4.68 Å². The smallest absolute Gasteiger partial charge is 0.445 e. The van der Waals surface area contributed by atoms with Crippen molar-refractivity contribution in [2.24, 2.45) is 0 Å². The maximum Gasteiger partial charge on any atom is 1.00 e. The van der Waals surface area contributed by atoms with E-state index in [0.717, 1.165) is 25.2 Å². The van der Waals surface area contributed by atoms with Crippen molar-refractivity contribution in [2.45, 2.75) is 18.9 Å². The van der Waals surface area contributed by atoms with E-state index in [1.54, 1.807) is 0 Å². The van der Waals surface area contributed by atoms with E-state index in [0.29, 0.717) is 0 Å². The fourth-order valence-corrected chi connectivity index (χ4v) is 1.06. The first kappa shape index (κ1) is 11.8. The summed E-state index contributed by atoms with van der Waals surface area (Å²) in [5.41, 5.74) is -0.595. The summed E-state index contributed by atoms with van der Waals surface area (Å²) in [5.74, 6) is 0. The molecule has 0 aromatic carbocycles. The van der Waals surface area contributed by atoms with Crippen molar-refractivity contribution in [3.63, 3.8) is 0 Å². The van der Waals surface area contributed by atoms with Gasteiger partial charge in [-0.05, 0) is 19.0 Å². The van der Waals surface area contributed by atoms with Gasteiger partial charge in [0.1, 0.15) is 0 Å². The molecule has 0 saturated heterocycles. The maximum absolute atomic E-state index is 12.1. The van der Waals surface area contributed by atoms with Crippen molar-refractivity contribution in [3.05, 3.63) is 12.4 Å². The SMILES string of the molecule is F[B-](F)(F)c1cnn(C2CC2)c1.[K+]. The van der Waals surface area contributed by atoms with Crippen LogP contribution in [0.1, 0.15) is 18.9 Å². The van der Waals surface area contributed by atoms with Gasteiger partial charge < -0.3 is 12.9 Å². The molecule has 1 fully saturated rings. The molecule has 0 spiro atoms. The minimum absolute atomic E-state index is 0. The largest absolute Gasteiger partial charge is 1.00 e. The van der Waals surface area contributed by atoms with Crippen molar-refractivity contribution in [1.29, 1.82) is 0 Å². The molecule has 13 heavy (non-hydrogen) atoms. The van der Waals surface area contributed by atoms with Gasteiger partial charge in [0.15, 0.2) is 0 Å². The third-order valence-electron chi connectivity index (χ3n) is 1.92. The van der Waals surface area contributed by atoms with Gasteiger partial charge in [-0.15, -0.1) is 0 Å². The van der Waals surface area contributed by atoms with Gasteiger partial charge in [0.05, 0.1) is 6.04 Å². The number of nitrogens with zero attached hydrogens (tertiary/aromatic N) is 2. The zero-order valence-electron chi connectivity index (χ0n) is 7.25. The van der Waals surface area contributed by atoms with Gasteiger partial charge in [0.25, 0.3) is 0 Å². The Bertz CT molecular complexity index is 294. The Morgan fingerprint density at radius 1 is 1.38 bits per heavy atom. The van der Waals surface area contributed by atoms with E-state index in [2.05, 4.69) is 5.10 Å². The first-order chi connectivity index (χ1) is 5.57. The summed E-state index contributed by atoms with van der Waals surface area (Å²) >= 11 is 0. The van der Waals surface area contributed by atoms with E-state index in [1.165, 1.54) is 4.68 Å². The molecular formula is C6H7BF3KN2. The molecule has 1 saturated carbocycles. The molecule has 7 heteroatoms. The monoisotopic (exact) mass is 214 g/mol. The molecule has 1 aliphatic carbocycles. The average molecular weight is 214 g/mol. The normalized spacial score (nSPS) is 16.8. The fourth-order valence-electron chi connectivity index (χ4n) is 1.06. The molecule has 0 N–H and O–H groups in total. The maximum atomic E-state index is 12.1. The fraction of sp³-hybridized carbons (Fsp3) is 0.500. The van der Waals surface area contributed by atoms with Crippen LogP contribution in [0.4, 0.5) is 12.9 Å². The van der Waals surface area contributed by atoms with Crippen molar-refractivity contribution < 1.29 is 64.3 Å². The summed E-state index contributed by atoms with van der Waals surface area (Å²) in [5, 5.41) is 3.66. The van der Waals surface area contributed by atoms with Crippen LogP contribution in [-0.2, 0) is 0 Å². The van der Waals surface area contributed by atoms with Crippen LogP contribution >= 0.6 is 0 Å². The van der Waals surface area contributed by atoms with Crippen LogP contribution in [0.3, 0.4) is 0 Å². The predicted octanol–water partition coefficient (Wildman–Crippen LogP) is -1.72. The summed E-state index contributed by atoms with van der Waals surface area (Å²) in [6, 6.07) is 0.219. The van der Waals surface area contributed by atoms with Crippen molar-refractivity contribution in [3.8, 4) is 0 Å². The number of hydrogen-bond donors (Lipinski definition) is 0. The molecule has 0 radical (unpaired) electrons. The van der Waals surface area contributed by atoms with E-state index in [9.17, 15) is 12.9 Å². The zero-order chi connectivity index (χ0) is 8.77. The summed E-state index contributed by atoms with van der Waals surface area (Å²) in [6.45, 7) is -4.87. The predicted molar refractivity (Wildman–Crippen MR) is 39.2 cm³/mol. The van der Waals surface area contributed by atoms with Gasteiger partial charge in [-0.1, -0.05) is 5.46 Å². The molecule has 0 bridgehead atoms. The molecule has 0 atom stereocenters. The zero-order valence-corrected chi connectivity index (χ0v) is 10.4. The molecule has 66 valence electrons. The van der Waals surface area contributed by atoms with Crippen LogP contribution in [-0.4, -0.2) is 16.8 Å². The van der Waals surface area contributed by atoms with Gasteiger partial charge >= 0.3 is 58.4 Å². The van der Waals surface area contributed by atoms with Gasteiger partial charge in [0, 0.05) is 6.20 Å². The minimum Gasteiger partial charge on any atom is -0.445 e. The standard InChI is InChI=1S/C6H7BF3N2.K/c8-7(9,10)5-3-11-12(4-5)6-1-2-6;/h3-4,6H,1-2H2;/q-1;+1. The molecular weight excluding hydrogens is 207 g/mol. The van der Waals surface area contributed by atoms with Crippen LogP contribution < -0.4 is 56.8 Å². The van der Waals surface area contributed by atoms with Crippen LogP contribution in [0.5, 0.6) is 0 Å². The molecule has 1 aromatic heterocycles. The molecule has 0 unspecified atom stereocenters. The van der Waals surface area contributed by atoms with Crippen LogP contribution in [0.15, 0.2) is 12.4 Å². The van der Waals surface area contributed by atoms with Gasteiger partial charge in [-0.2, -0.15) is 5.10 Å². The number of halogens is 3. The first-order valence-corrected chi connectivity index (χ1v) is 3.81. The second-order valence-corrected chi connectivity index (χ2v) is 3.06. The van der Waals surface area contributed by atoms with E-state index >= 15 is 0 Å². The van der Waals surface area contributed by atoms with E-state index in [-0.39, 0.29) is 57.4 Å². The van der Waals surface area contributed by atoms with E-state index in [1.807, 2.05) is 0 Å². The number of hydrogen-bond acceptors (Lipinski definition) is 1. The Hall–Kier alpha value is 0.701. The average Bonchev–Trinajstić information content (AvgIpc) is 2.66. The summed E-state index contributed by atoms with van der Waals surface area (Å²) in [4.78, 5) is 0. The Balaban J connectivity index is 0.000000845. The van der Waals surface area contributed by atoms with E-state index in [4.69, 9.17) is 0 Å². The molecule has 2 nitrogen and oxygen atoms in total. The molecule has 1 heterocycles. The summed E-state index contributed by atoms with van der Waals surface area (Å²) in [6.07, 6.45) is 3.90. The summed E-state index contributed by atoms with van der Waals surface area (Å²) < 4.78 is 37.7. The number of rotatable bonds is 2. The van der Waals surface area contributed by atoms with Gasteiger partial charge in [-0.25, -0.2) is 0 Å². The Labute approximate surface area is 116 Å². The second-order valence-electron chi connectivity index (χ2n) is 3.06. The van der Waals surface area contributed by atoms with Gasteiger partial charge in [0.2, 0.25) is 0 Å². The van der Waals surface area contributed by atoms with E-state index < -0.39 is 12.4 Å². The van der Waals surface area contributed by atoms with Crippen LogP contribution in [0.2, 0.25) is 0 Å². The van der Waals surface area contributed by atoms with Crippen molar-refractivity contribution in [1.82, 2.24) is 9.78 Å². The minimum atomic E-state index is -4.87. The number of aromatic nitrogens is 2. The molecule has 1 aromatic rings. The van der Waals surface area contributed by atoms with Crippen molar-refractivity contribution in [2.75, 3.05) is 0 Å². The Morgan fingerprint density at radius 3 is 2.38 bits per heavy atom.